The van der Waals surface area contributed by atoms with Gasteiger partial charge in [-0.1, -0.05) is 35.9 Å². The van der Waals surface area contributed by atoms with Crippen molar-refractivity contribution in [2.24, 2.45) is 0 Å². The van der Waals surface area contributed by atoms with Gasteiger partial charge in [-0.05, 0) is 50.6 Å². The van der Waals surface area contributed by atoms with Gasteiger partial charge in [-0.2, -0.15) is 5.10 Å². The first-order valence-electron chi connectivity index (χ1n) is 8.26. The SMILES string of the molecule is Cc1ccc(Cl)c(OCC(=O)Nc2c(C)nn(-c3ccccc3)c2C)c1. The molecule has 134 valence electrons. The van der Waals surface area contributed by atoms with Crippen molar-refractivity contribution < 1.29 is 9.53 Å². The van der Waals surface area contributed by atoms with Crippen LogP contribution in [0.2, 0.25) is 5.02 Å². The van der Waals surface area contributed by atoms with Crippen LogP contribution in [0.4, 0.5) is 5.69 Å². The largest absolute Gasteiger partial charge is 0.482 e. The summed E-state index contributed by atoms with van der Waals surface area (Å²) in [6, 6.07) is 15.2. The van der Waals surface area contributed by atoms with E-state index < -0.39 is 0 Å². The Balaban J connectivity index is 1.72. The van der Waals surface area contributed by atoms with Gasteiger partial charge in [0.05, 0.1) is 27.8 Å². The van der Waals surface area contributed by atoms with E-state index in [1.165, 1.54) is 0 Å². The van der Waals surface area contributed by atoms with Gasteiger partial charge in [0.15, 0.2) is 6.61 Å². The smallest absolute Gasteiger partial charge is 0.262 e. The molecule has 0 unspecified atom stereocenters. The molecule has 0 saturated carbocycles. The van der Waals surface area contributed by atoms with Crippen LogP contribution in [0.5, 0.6) is 5.75 Å². The Hall–Kier alpha value is -2.79. The van der Waals surface area contributed by atoms with Crippen LogP contribution in [-0.2, 0) is 4.79 Å². The minimum Gasteiger partial charge on any atom is -0.482 e. The number of benzene rings is 2. The van der Waals surface area contributed by atoms with Crippen LogP contribution in [0.15, 0.2) is 48.5 Å². The molecule has 1 aromatic heterocycles. The number of hydrogen-bond acceptors (Lipinski definition) is 3. The van der Waals surface area contributed by atoms with Gasteiger partial charge in [0.25, 0.3) is 5.91 Å². The van der Waals surface area contributed by atoms with Crippen LogP contribution in [0.25, 0.3) is 5.69 Å². The number of halogens is 1. The van der Waals surface area contributed by atoms with Crippen LogP contribution in [0.1, 0.15) is 17.0 Å². The Labute approximate surface area is 157 Å². The molecule has 0 bridgehead atoms. The highest BCUT2D eigenvalue weighted by molar-refractivity contribution is 6.32. The molecule has 26 heavy (non-hydrogen) atoms. The van der Waals surface area contributed by atoms with Crippen molar-refractivity contribution in [3.8, 4) is 11.4 Å². The fraction of sp³-hybridized carbons (Fsp3) is 0.200. The molecule has 0 spiro atoms. The van der Waals surface area contributed by atoms with Crippen LogP contribution >= 0.6 is 11.6 Å². The third-order valence-electron chi connectivity index (χ3n) is 4.00. The Morgan fingerprint density at radius 1 is 1.15 bits per heavy atom. The van der Waals surface area contributed by atoms with Crippen molar-refractivity contribution >= 4 is 23.2 Å². The van der Waals surface area contributed by atoms with E-state index in [1.807, 2.05) is 61.9 Å². The number of amides is 1. The predicted molar refractivity (Wildman–Crippen MR) is 103 cm³/mol. The standard InChI is InChI=1S/C20H20ClN3O2/c1-13-9-10-17(21)18(11-13)26-12-19(25)22-20-14(2)23-24(15(20)3)16-7-5-4-6-8-16/h4-11H,12H2,1-3H3,(H,22,25). The molecule has 0 radical (unpaired) electrons. The molecule has 1 amide bonds. The molecule has 2 aromatic carbocycles. The average Bonchev–Trinajstić information content (AvgIpc) is 2.91. The lowest BCUT2D eigenvalue weighted by Crippen LogP contribution is -2.21. The van der Waals surface area contributed by atoms with E-state index in [9.17, 15) is 4.79 Å². The molecule has 0 aliphatic heterocycles. The zero-order valence-corrected chi connectivity index (χ0v) is 15.7. The van der Waals surface area contributed by atoms with Gasteiger partial charge >= 0.3 is 0 Å². The molecular weight excluding hydrogens is 350 g/mol. The highest BCUT2D eigenvalue weighted by Crippen LogP contribution is 2.26. The zero-order chi connectivity index (χ0) is 18.7. The Kier molecular flexibility index (Phi) is 5.28. The van der Waals surface area contributed by atoms with Crippen LogP contribution in [0.3, 0.4) is 0 Å². The van der Waals surface area contributed by atoms with Gasteiger partial charge in [0.1, 0.15) is 5.75 Å². The van der Waals surface area contributed by atoms with Crippen LogP contribution < -0.4 is 10.1 Å². The number of para-hydroxylation sites is 1. The van der Waals surface area contributed by atoms with Crippen molar-refractivity contribution in [1.82, 2.24) is 9.78 Å². The quantitative estimate of drug-likeness (QED) is 0.722. The summed E-state index contributed by atoms with van der Waals surface area (Å²) in [5.41, 5.74) is 4.25. The maximum Gasteiger partial charge on any atom is 0.262 e. The van der Waals surface area contributed by atoms with Gasteiger partial charge in [-0.15, -0.1) is 0 Å². The van der Waals surface area contributed by atoms with Crippen molar-refractivity contribution in [2.75, 3.05) is 11.9 Å². The van der Waals surface area contributed by atoms with E-state index in [4.69, 9.17) is 16.3 Å². The van der Waals surface area contributed by atoms with Crippen LogP contribution in [-0.4, -0.2) is 22.3 Å². The molecule has 1 N–H and O–H groups in total. The van der Waals surface area contributed by atoms with E-state index in [0.29, 0.717) is 16.5 Å². The molecule has 0 saturated heterocycles. The van der Waals surface area contributed by atoms with Gasteiger partial charge in [-0.25, -0.2) is 4.68 Å². The van der Waals surface area contributed by atoms with Crippen molar-refractivity contribution in [3.63, 3.8) is 0 Å². The molecule has 0 aliphatic rings. The fourth-order valence-corrected chi connectivity index (χ4v) is 2.86. The summed E-state index contributed by atoms with van der Waals surface area (Å²) in [6.07, 6.45) is 0. The molecule has 0 aliphatic carbocycles. The van der Waals surface area contributed by atoms with E-state index in [0.717, 1.165) is 22.6 Å². The molecule has 1 heterocycles. The minimum atomic E-state index is -0.263. The highest BCUT2D eigenvalue weighted by atomic mass is 35.5. The lowest BCUT2D eigenvalue weighted by molar-refractivity contribution is -0.118. The molecule has 3 aromatic rings. The van der Waals surface area contributed by atoms with E-state index in [-0.39, 0.29) is 12.5 Å². The number of aryl methyl sites for hydroxylation is 2. The van der Waals surface area contributed by atoms with Crippen LogP contribution in [0, 0.1) is 20.8 Å². The maximum absolute atomic E-state index is 12.3. The number of nitrogens with zero attached hydrogens (tertiary/aromatic N) is 2. The average molecular weight is 370 g/mol. The number of anilines is 1. The highest BCUT2D eigenvalue weighted by Gasteiger charge is 2.15. The Bertz CT molecular complexity index is 936. The monoisotopic (exact) mass is 369 g/mol. The number of carbonyl (C=O) groups is 1. The fourth-order valence-electron chi connectivity index (χ4n) is 2.68. The topological polar surface area (TPSA) is 56.1 Å². The third-order valence-corrected chi connectivity index (χ3v) is 4.31. The van der Waals surface area contributed by atoms with Crippen molar-refractivity contribution in [2.45, 2.75) is 20.8 Å². The second-order valence-electron chi connectivity index (χ2n) is 6.06. The summed E-state index contributed by atoms with van der Waals surface area (Å²) in [7, 11) is 0. The van der Waals surface area contributed by atoms with E-state index in [1.54, 1.807) is 12.1 Å². The first kappa shape index (κ1) is 18.0. The summed E-state index contributed by atoms with van der Waals surface area (Å²) in [6.45, 7) is 5.59. The number of nitrogens with one attached hydrogen (secondary N) is 1. The number of hydrogen-bond donors (Lipinski definition) is 1. The molecule has 6 heteroatoms. The van der Waals surface area contributed by atoms with Gasteiger partial charge < -0.3 is 10.1 Å². The second kappa shape index (κ2) is 7.62. The predicted octanol–water partition coefficient (Wildman–Crippen LogP) is 4.47. The molecule has 0 atom stereocenters. The van der Waals surface area contributed by atoms with Gasteiger partial charge in [0, 0.05) is 0 Å². The molecule has 3 rings (SSSR count). The number of carbonyl (C=O) groups excluding carboxylic acids is 1. The Morgan fingerprint density at radius 3 is 2.62 bits per heavy atom. The second-order valence-corrected chi connectivity index (χ2v) is 6.47. The molecule has 5 nitrogen and oxygen atoms in total. The Morgan fingerprint density at radius 2 is 1.88 bits per heavy atom. The lowest BCUT2D eigenvalue weighted by atomic mass is 10.2. The van der Waals surface area contributed by atoms with E-state index >= 15 is 0 Å². The summed E-state index contributed by atoms with van der Waals surface area (Å²) in [4.78, 5) is 12.3. The first-order valence-corrected chi connectivity index (χ1v) is 8.64. The zero-order valence-electron chi connectivity index (χ0n) is 14.9. The van der Waals surface area contributed by atoms with Crippen molar-refractivity contribution in [3.05, 3.63) is 70.5 Å². The van der Waals surface area contributed by atoms with Crippen molar-refractivity contribution in [1.29, 1.82) is 0 Å². The lowest BCUT2D eigenvalue weighted by Gasteiger charge is -2.10. The number of ether oxygens (including phenoxy) is 1. The first-order chi connectivity index (χ1) is 12.5. The van der Waals surface area contributed by atoms with Gasteiger partial charge in [0.2, 0.25) is 0 Å². The minimum absolute atomic E-state index is 0.126. The van der Waals surface area contributed by atoms with E-state index in [2.05, 4.69) is 10.4 Å². The third kappa shape index (κ3) is 3.89. The number of rotatable bonds is 5. The maximum atomic E-state index is 12.3. The normalized spacial score (nSPS) is 10.6. The molecule has 0 fully saturated rings. The van der Waals surface area contributed by atoms with Gasteiger partial charge in [-0.3, -0.25) is 4.79 Å². The number of aromatic nitrogens is 2. The summed E-state index contributed by atoms with van der Waals surface area (Å²) >= 11 is 6.09. The summed E-state index contributed by atoms with van der Waals surface area (Å²) < 4.78 is 7.36. The molecular formula is C20H20ClN3O2. The summed E-state index contributed by atoms with van der Waals surface area (Å²) in [5.74, 6) is 0.233. The summed E-state index contributed by atoms with van der Waals surface area (Å²) in [5, 5.41) is 7.88.